The van der Waals surface area contributed by atoms with E-state index in [4.69, 9.17) is 10.5 Å². The second-order valence-corrected chi connectivity index (χ2v) is 4.95. The first-order valence-electron chi connectivity index (χ1n) is 5.93. The first-order valence-corrected chi connectivity index (χ1v) is 5.93. The Morgan fingerprint density at radius 3 is 2.88 bits per heavy atom. The van der Waals surface area contributed by atoms with Crippen LogP contribution in [0.1, 0.15) is 19.8 Å². The van der Waals surface area contributed by atoms with Crippen LogP contribution in [-0.2, 0) is 0 Å². The minimum Gasteiger partial charge on any atom is -0.495 e. The van der Waals surface area contributed by atoms with Gasteiger partial charge in [-0.3, -0.25) is 0 Å². The SMILES string of the molecule is COc1cc(N)ccc1N1CCCC(C)(O)C1. The van der Waals surface area contributed by atoms with Crippen molar-refractivity contribution in [3.05, 3.63) is 18.2 Å². The van der Waals surface area contributed by atoms with Crippen molar-refractivity contribution in [1.82, 2.24) is 0 Å². The number of rotatable bonds is 2. The summed E-state index contributed by atoms with van der Waals surface area (Å²) in [4.78, 5) is 2.15. The maximum absolute atomic E-state index is 10.1. The van der Waals surface area contributed by atoms with Gasteiger partial charge in [0, 0.05) is 24.8 Å². The number of benzene rings is 1. The maximum Gasteiger partial charge on any atom is 0.144 e. The molecule has 4 heteroatoms. The van der Waals surface area contributed by atoms with E-state index < -0.39 is 5.60 Å². The average Bonchev–Trinajstić information content (AvgIpc) is 2.27. The van der Waals surface area contributed by atoms with Crippen LogP contribution in [-0.4, -0.2) is 30.9 Å². The fourth-order valence-electron chi connectivity index (χ4n) is 2.38. The van der Waals surface area contributed by atoms with Gasteiger partial charge in [0.15, 0.2) is 0 Å². The number of nitrogens with two attached hydrogens (primary N) is 1. The number of β-amino-alcohol motifs (C(OH)–C–C–N with tert-alkyl or cyclic N) is 1. The molecule has 1 fully saturated rings. The van der Waals surface area contributed by atoms with E-state index in [-0.39, 0.29) is 0 Å². The number of nitrogen functional groups attached to an aromatic ring is 1. The number of aliphatic hydroxyl groups is 1. The van der Waals surface area contributed by atoms with Crippen molar-refractivity contribution >= 4 is 11.4 Å². The summed E-state index contributed by atoms with van der Waals surface area (Å²) in [6, 6.07) is 5.63. The summed E-state index contributed by atoms with van der Waals surface area (Å²) >= 11 is 0. The lowest BCUT2D eigenvalue weighted by molar-refractivity contribution is 0.0448. The molecule has 1 atom stereocenters. The van der Waals surface area contributed by atoms with Crippen LogP contribution in [0.2, 0.25) is 0 Å². The molecule has 1 aromatic carbocycles. The minimum atomic E-state index is -0.620. The van der Waals surface area contributed by atoms with Crippen LogP contribution in [0.5, 0.6) is 5.75 Å². The lowest BCUT2D eigenvalue weighted by Gasteiger charge is -2.38. The van der Waals surface area contributed by atoms with E-state index in [1.54, 1.807) is 7.11 Å². The molecule has 1 aliphatic rings. The first-order chi connectivity index (χ1) is 8.02. The molecule has 0 bridgehead atoms. The number of piperidine rings is 1. The van der Waals surface area contributed by atoms with Crippen molar-refractivity contribution < 1.29 is 9.84 Å². The lowest BCUT2D eigenvalue weighted by Crippen LogP contribution is -2.46. The third kappa shape index (κ3) is 2.64. The van der Waals surface area contributed by atoms with Crippen LogP contribution in [0.25, 0.3) is 0 Å². The van der Waals surface area contributed by atoms with Crippen molar-refractivity contribution in [2.24, 2.45) is 0 Å². The molecular formula is C13H20N2O2. The normalized spacial score (nSPS) is 24.8. The standard InChI is InChI=1S/C13H20N2O2/c1-13(16)6-3-7-15(9-13)11-5-4-10(14)8-12(11)17-2/h4-5,8,16H,3,6-7,9,14H2,1-2H3. The van der Waals surface area contributed by atoms with Gasteiger partial charge in [-0.05, 0) is 31.9 Å². The first kappa shape index (κ1) is 12.0. The number of anilines is 2. The van der Waals surface area contributed by atoms with Gasteiger partial charge in [0.1, 0.15) is 5.75 Å². The van der Waals surface area contributed by atoms with Crippen molar-refractivity contribution in [2.45, 2.75) is 25.4 Å². The molecule has 1 aliphatic heterocycles. The molecular weight excluding hydrogens is 216 g/mol. The van der Waals surface area contributed by atoms with Crippen LogP contribution in [0.4, 0.5) is 11.4 Å². The summed E-state index contributed by atoms with van der Waals surface area (Å²) in [6.45, 7) is 3.45. The van der Waals surface area contributed by atoms with E-state index in [1.165, 1.54) is 0 Å². The second-order valence-electron chi connectivity index (χ2n) is 4.95. The third-order valence-corrected chi connectivity index (χ3v) is 3.22. The highest BCUT2D eigenvalue weighted by molar-refractivity contribution is 5.64. The molecule has 1 aromatic rings. The predicted octanol–water partition coefficient (Wildman–Crippen LogP) is 1.63. The molecule has 0 aromatic heterocycles. The van der Waals surface area contributed by atoms with E-state index in [9.17, 15) is 5.11 Å². The Hall–Kier alpha value is -1.42. The molecule has 2 rings (SSSR count). The molecule has 3 N–H and O–H groups in total. The van der Waals surface area contributed by atoms with Crippen LogP contribution >= 0.6 is 0 Å². The fraction of sp³-hybridized carbons (Fsp3) is 0.538. The zero-order valence-electron chi connectivity index (χ0n) is 10.4. The van der Waals surface area contributed by atoms with E-state index in [0.717, 1.165) is 30.8 Å². The quantitative estimate of drug-likeness (QED) is 0.766. The van der Waals surface area contributed by atoms with Gasteiger partial charge in [-0.1, -0.05) is 0 Å². The van der Waals surface area contributed by atoms with Crippen molar-refractivity contribution in [3.63, 3.8) is 0 Å². The Balaban J connectivity index is 2.27. The average molecular weight is 236 g/mol. The summed E-state index contributed by atoms with van der Waals surface area (Å²) in [5.74, 6) is 0.766. The van der Waals surface area contributed by atoms with Gasteiger partial charge in [0.05, 0.1) is 18.4 Å². The smallest absolute Gasteiger partial charge is 0.144 e. The van der Waals surface area contributed by atoms with Gasteiger partial charge < -0.3 is 20.5 Å². The van der Waals surface area contributed by atoms with Gasteiger partial charge in [-0.15, -0.1) is 0 Å². The summed E-state index contributed by atoms with van der Waals surface area (Å²) in [6.07, 6.45) is 1.83. The van der Waals surface area contributed by atoms with Gasteiger partial charge in [-0.2, -0.15) is 0 Å². The number of nitrogens with zero attached hydrogens (tertiary/aromatic N) is 1. The Morgan fingerprint density at radius 2 is 2.24 bits per heavy atom. The summed E-state index contributed by atoms with van der Waals surface area (Å²) in [7, 11) is 1.64. The summed E-state index contributed by atoms with van der Waals surface area (Å²) in [5, 5.41) is 10.1. The van der Waals surface area contributed by atoms with Gasteiger partial charge >= 0.3 is 0 Å². The van der Waals surface area contributed by atoms with Crippen LogP contribution in [0.15, 0.2) is 18.2 Å². The zero-order valence-corrected chi connectivity index (χ0v) is 10.4. The molecule has 1 saturated heterocycles. The summed E-state index contributed by atoms with van der Waals surface area (Å²) in [5.41, 5.74) is 6.81. The molecule has 0 spiro atoms. The molecule has 0 amide bonds. The molecule has 0 aliphatic carbocycles. The zero-order chi connectivity index (χ0) is 12.5. The fourth-order valence-corrected chi connectivity index (χ4v) is 2.38. The monoisotopic (exact) mass is 236 g/mol. The minimum absolute atomic E-state index is 0.620. The topological polar surface area (TPSA) is 58.7 Å². The molecule has 94 valence electrons. The van der Waals surface area contributed by atoms with Crippen molar-refractivity contribution in [1.29, 1.82) is 0 Å². The van der Waals surface area contributed by atoms with E-state index in [0.29, 0.717) is 12.2 Å². The van der Waals surface area contributed by atoms with Gasteiger partial charge in [-0.25, -0.2) is 0 Å². The number of methoxy groups -OCH3 is 1. The molecule has 17 heavy (non-hydrogen) atoms. The Labute approximate surface area is 102 Å². The van der Waals surface area contributed by atoms with E-state index >= 15 is 0 Å². The van der Waals surface area contributed by atoms with E-state index in [1.807, 2.05) is 25.1 Å². The van der Waals surface area contributed by atoms with Crippen LogP contribution < -0.4 is 15.4 Å². The number of hydrogen-bond acceptors (Lipinski definition) is 4. The van der Waals surface area contributed by atoms with Crippen LogP contribution in [0, 0.1) is 0 Å². The highest BCUT2D eigenvalue weighted by atomic mass is 16.5. The van der Waals surface area contributed by atoms with Gasteiger partial charge in [0.25, 0.3) is 0 Å². The number of hydrogen-bond donors (Lipinski definition) is 2. The number of ether oxygens (including phenoxy) is 1. The predicted molar refractivity (Wildman–Crippen MR) is 69.5 cm³/mol. The second kappa shape index (κ2) is 4.45. The highest BCUT2D eigenvalue weighted by Gasteiger charge is 2.29. The lowest BCUT2D eigenvalue weighted by atomic mass is 9.94. The maximum atomic E-state index is 10.1. The molecule has 1 heterocycles. The molecule has 4 nitrogen and oxygen atoms in total. The molecule has 0 radical (unpaired) electrons. The largest absolute Gasteiger partial charge is 0.495 e. The Bertz CT molecular complexity index is 404. The third-order valence-electron chi connectivity index (χ3n) is 3.22. The Kier molecular flexibility index (Phi) is 3.15. The molecule has 1 unspecified atom stereocenters. The highest BCUT2D eigenvalue weighted by Crippen LogP contribution is 2.33. The van der Waals surface area contributed by atoms with Crippen LogP contribution in [0.3, 0.4) is 0 Å². The Morgan fingerprint density at radius 1 is 1.47 bits per heavy atom. The van der Waals surface area contributed by atoms with Crippen molar-refractivity contribution in [3.8, 4) is 5.75 Å². The van der Waals surface area contributed by atoms with Gasteiger partial charge in [0.2, 0.25) is 0 Å². The summed E-state index contributed by atoms with van der Waals surface area (Å²) < 4.78 is 5.34. The van der Waals surface area contributed by atoms with Crippen molar-refractivity contribution in [2.75, 3.05) is 30.8 Å². The van der Waals surface area contributed by atoms with E-state index in [2.05, 4.69) is 4.90 Å². The molecule has 0 saturated carbocycles.